The molecule has 2 aromatic rings. The zero-order valence-corrected chi connectivity index (χ0v) is 14.1. The Balaban J connectivity index is 1.83. The number of nitrogens with zero attached hydrogens (tertiary/aromatic N) is 2. The molecule has 0 saturated heterocycles. The van der Waals surface area contributed by atoms with Crippen molar-refractivity contribution < 1.29 is 19.1 Å². The molecule has 0 saturated carbocycles. The van der Waals surface area contributed by atoms with Crippen molar-refractivity contribution in [3.63, 3.8) is 0 Å². The van der Waals surface area contributed by atoms with E-state index in [1.54, 1.807) is 49.6 Å². The fourth-order valence-electron chi connectivity index (χ4n) is 2.50. The van der Waals surface area contributed by atoms with Crippen LogP contribution in [0.3, 0.4) is 0 Å². The molecular weight excluding hydrogens is 320 g/mol. The smallest absolute Gasteiger partial charge is 0.282 e. The molecule has 0 radical (unpaired) electrons. The highest BCUT2D eigenvalue weighted by Crippen LogP contribution is 2.28. The predicted octanol–water partition coefficient (Wildman–Crippen LogP) is 3.11. The average molecular weight is 338 g/mol. The van der Waals surface area contributed by atoms with Gasteiger partial charge in [0.2, 0.25) is 0 Å². The first kappa shape index (κ1) is 16.7. The highest BCUT2D eigenvalue weighted by molar-refractivity contribution is 6.21. The number of fused-ring (bicyclic) bond motifs is 1. The lowest BCUT2D eigenvalue weighted by atomic mass is 10.1. The Labute approximate surface area is 145 Å². The van der Waals surface area contributed by atoms with Crippen LogP contribution in [0.2, 0.25) is 0 Å². The summed E-state index contributed by atoms with van der Waals surface area (Å²) in [5.41, 5.74) is 1.43. The maximum atomic E-state index is 12.3. The van der Waals surface area contributed by atoms with Gasteiger partial charge in [0, 0.05) is 0 Å². The van der Waals surface area contributed by atoms with Gasteiger partial charge in [-0.2, -0.15) is 10.1 Å². The van der Waals surface area contributed by atoms with Crippen LogP contribution in [0.15, 0.2) is 47.6 Å². The monoisotopic (exact) mass is 338 g/mol. The first-order valence-electron chi connectivity index (χ1n) is 7.98. The number of rotatable bonds is 6. The quantitative estimate of drug-likeness (QED) is 0.599. The molecule has 1 heterocycles. The van der Waals surface area contributed by atoms with Crippen LogP contribution in [-0.4, -0.2) is 36.8 Å². The Morgan fingerprint density at radius 3 is 2.32 bits per heavy atom. The molecule has 2 aromatic carbocycles. The van der Waals surface area contributed by atoms with Crippen molar-refractivity contribution in [3.05, 3.63) is 59.2 Å². The molecule has 0 spiro atoms. The van der Waals surface area contributed by atoms with Gasteiger partial charge in [0.1, 0.15) is 0 Å². The SMILES string of the molecule is CCCOc1cc(/C=N\N2C(=O)c3ccccc3C2=O)ccc1OC. The fourth-order valence-corrected chi connectivity index (χ4v) is 2.50. The van der Waals surface area contributed by atoms with E-state index in [1.165, 1.54) is 6.21 Å². The summed E-state index contributed by atoms with van der Waals surface area (Å²) in [7, 11) is 1.57. The Bertz CT molecular complexity index is 810. The predicted molar refractivity (Wildman–Crippen MR) is 93.3 cm³/mol. The maximum Gasteiger partial charge on any atom is 0.282 e. The molecule has 0 aliphatic carbocycles. The minimum atomic E-state index is -0.423. The summed E-state index contributed by atoms with van der Waals surface area (Å²) in [5.74, 6) is 0.364. The van der Waals surface area contributed by atoms with Gasteiger partial charge in [0.05, 0.1) is 31.1 Å². The first-order chi connectivity index (χ1) is 12.2. The number of amides is 2. The molecule has 6 nitrogen and oxygen atoms in total. The van der Waals surface area contributed by atoms with Gasteiger partial charge in [-0.15, -0.1) is 0 Å². The van der Waals surface area contributed by atoms with Crippen LogP contribution >= 0.6 is 0 Å². The highest BCUT2D eigenvalue weighted by atomic mass is 16.5. The van der Waals surface area contributed by atoms with E-state index in [9.17, 15) is 9.59 Å². The second-order valence-corrected chi connectivity index (χ2v) is 5.47. The van der Waals surface area contributed by atoms with Gasteiger partial charge in [-0.3, -0.25) is 9.59 Å². The molecule has 0 unspecified atom stereocenters. The van der Waals surface area contributed by atoms with E-state index in [0.29, 0.717) is 34.8 Å². The molecule has 0 fully saturated rings. The molecule has 0 N–H and O–H groups in total. The lowest BCUT2D eigenvalue weighted by Gasteiger charge is -2.11. The van der Waals surface area contributed by atoms with E-state index < -0.39 is 11.8 Å². The number of ether oxygens (including phenoxy) is 2. The molecule has 1 aliphatic heterocycles. The number of imide groups is 1. The van der Waals surface area contributed by atoms with Crippen molar-refractivity contribution in [1.82, 2.24) is 5.01 Å². The summed E-state index contributed by atoms with van der Waals surface area (Å²) in [6.45, 7) is 2.58. The summed E-state index contributed by atoms with van der Waals surface area (Å²) in [6.07, 6.45) is 2.33. The second-order valence-electron chi connectivity index (χ2n) is 5.47. The van der Waals surface area contributed by atoms with Crippen molar-refractivity contribution >= 4 is 18.0 Å². The summed E-state index contributed by atoms with van der Waals surface area (Å²) >= 11 is 0. The van der Waals surface area contributed by atoms with Gasteiger partial charge in [0.25, 0.3) is 11.8 Å². The van der Waals surface area contributed by atoms with Gasteiger partial charge >= 0.3 is 0 Å². The van der Waals surface area contributed by atoms with E-state index in [4.69, 9.17) is 9.47 Å². The third-order valence-corrected chi connectivity index (χ3v) is 3.74. The molecule has 0 atom stereocenters. The molecule has 2 amide bonds. The largest absolute Gasteiger partial charge is 0.493 e. The second kappa shape index (κ2) is 7.17. The normalized spacial score (nSPS) is 13.4. The fraction of sp³-hybridized carbons (Fsp3) is 0.211. The summed E-state index contributed by atoms with van der Waals surface area (Å²) in [4.78, 5) is 24.6. The minimum Gasteiger partial charge on any atom is -0.493 e. The van der Waals surface area contributed by atoms with Gasteiger partial charge < -0.3 is 9.47 Å². The summed E-state index contributed by atoms with van der Waals surface area (Å²) < 4.78 is 10.9. The van der Waals surface area contributed by atoms with Crippen LogP contribution in [0.1, 0.15) is 39.6 Å². The van der Waals surface area contributed by atoms with E-state index in [2.05, 4.69) is 5.10 Å². The zero-order valence-electron chi connectivity index (χ0n) is 14.1. The topological polar surface area (TPSA) is 68.2 Å². The number of hydrogen-bond donors (Lipinski definition) is 0. The van der Waals surface area contributed by atoms with Crippen LogP contribution in [0.25, 0.3) is 0 Å². The highest BCUT2D eigenvalue weighted by Gasteiger charge is 2.35. The van der Waals surface area contributed by atoms with Crippen molar-refractivity contribution in [2.75, 3.05) is 13.7 Å². The van der Waals surface area contributed by atoms with Crippen LogP contribution in [-0.2, 0) is 0 Å². The standard InChI is InChI=1S/C19H18N2O4/c1-3-10-25-17-11-13(8-9-16(17)24-2)12-20-21-18(22)14-6-4-5-7-15(14)19(21)23/h4-9,11-12H,3,10H2,1-2H3/b20-12-. The van der Waals surface area contributed by atoms with Crippen LogP contribution in [0, 0.1) is 0 Å². The molecule has 0 bridgehead atoms. The van der Waals surface area contributed by atoms with E-state index >= 15 is 0 Å². The molecule has 1 aliphatic rings. The Morgan fingerprint density at radius 2 is 1.72 bits per heavy atom. The zero-order chi connectivity index (χ0) is 17.8. The van der Waals surface area contributed by atoms with Crippen molar-refractivity contribution in [2.45, 2.75) is 13.3 Å². The average Bonchev–Trinajstić information content (AvgIpc) is 2.89. The number of carbonyl (C=O) groups is 2. The summed E-state index contributed by atoms with van der Waals surface area (Å²) in [6, 6.07) is 12.0. The third-order valence-electron chi connectivity index (χ3n) is 3.74. The van der Waals surface area contributed by atoms with Gasteiger partial charge in [-0.05, 0) is 42.3 Å². The maximum absolute atomic E-state index is 12.3. The van der Waals surface area contributed by atoms with Crippen molar-refractivity contribution in [3.8, 4) is 11.5 Å². The number of methoxy groups -OCH3 is 1. The third kappa shape index (κ3) is 3.24. The van der Waals surface area contributed by atoms with Crippen LogP contribution < -0.4 is 9.47 Å². The molecule has 3 rings (SSSR count). The first-order valence-corrected chi connectivity index (χ1v) is 7.98. The van der Waals surface area contributed by atoms with Gasteiger partial charge in [-0.1, -0.05) is 19.1 Å². The lowest BCUT2D eigenvalue weighted by Crippen LogP contribution is -2.24. The van der Waals surface area contributed by atoms with E-state index in [1.807, 2.05) is 6.92 Å². The molecule has 128 valence electrons. The lowest BCUT2D eigenvalue weighted by molar-refractivity contribution is 0.0660. The molecule has 0 aromatic heterocycles. The van der Waals surface area contributed by atoms with Crippen molar-refractivity contribution in [2.24, 2.45) is 5.10 Å². The van der Waals surface area contributed by atoms with Crippen LogP contribution in [0.4, 0.5) is 0 Å². The Hall–Kier alpha value is -3.15. The van der Waals surface area contributed by atoms with E-state index in [-0.39, 0.29) is 0 Å². The Kier molecular flexibility index (Phi) is 4.79. The molecule has 25 heavy (non-hydrogen) atoms. The number of benzene rings is 2. The molecular formula is C19H18N2O4. The van der Waals surface area contributed by atoms with E-state index in [0.717, 1.165) is 11.4 Å². The van der Waals surface area contributed by atoms with Crippen molar-refractivity contribution in [1.29, 1.82) is 0 Å². The summed E-state index contributed by atoms with van der Waals surface area (Å²) in [5, 5.41) is 4.94. The minimum absolute atomic E-state index is 0.367. The number of hydrazone groups is 1. The Morgan fingerprint density at radius 1 is 1.04 bits per heavy atom. The number of hydrogen-bond acceptors (Lipinski definition) is 5. The van der Waals surface area contributed by atoms with Gasteiger partial charge in [0.15, 0.2) is 11.5 Å². The molecule has 6 heteroatoms. The van der Waals surface area contributed by atoms with Gasteiger partial charge in [-0.25, -0.2) is 0 Å². The number of carbonyl (C=O) groups excluding carboxylic acids is 2. The van der Waals surface area contributed by atoms with Crippen LogP contribution in [0.5, 0.6) is 11.5 Å².